The second-order valence-electron chi connectivity index (χ2n) is 6.41. The van der Waals surface area contributed by atoms with Crippen LogP contribution in [0.15, 0.2) is 18.2 Å². The van der Waals surface area contributed by atoms with Gasteiger partial charge in [-0.25, -0.2) is 22.3 Å². The number of thiocarbonyl (C=S) groups is 1. The Bertz CT molecular complexity index is 817. The number of nitrogens with zero attached hydrogens (tertiary/aromatic N) is 1. The number of amides is 1. The zero-order valence-corrected chi connectivity index (χ0v) is 15.8. The topological polar surface area (TPSA) is 87.7 Å². The summed E-state index contributed by atoms with van der Waals surface area (Å²) < 4.78 is 45.1. The monoisotopic (exact) mass is 401 g/mol. The predicted octanol–water partition coefficient (Wildman–Crippen LogP) is 1.49. The molecule has 2 atom stereocenters. The van der Waals surface area contributed by atoms with E-state index >= 15 is 0 Å². The lowest BCUT2D eigenvalue weighted by atomic mass is 9.95. The molecule has 1 aromatic rings. The smallest absolute Gasteiger partial charge is 0.414 e. The third kappa shape index (κ3) is 4.30. The van der Waals surface area contributed by atoms with Crippen LogP contribution in [0.25, 0.3) is 0 Å². The van der Waals surface area contributed by atoms with Crippen LogP contribution in [0.1, 0.15) is 24.8 Å². The summed E-state index contributed by atoms with van der Waals surface area (Å²) in [5.41, 5.74) is 0.854. The van der Waals surface area contributed by atoms with Crippen molar-refractivity contribution in [2.24, 2.45) is 0 Å². The summed E-state index contributed by atoms with van der Waals surface area (Å²) >= 11 is 4.93. The highest BCUT2D eigenvalue weighted by Gasteiger charge is 2.33. The molecule has 2 aliphatic heterocycles. The quantitative estimate of drug-likeness (QED) is 0.744. The zero-order valence-electron chi connectivity index (χ0n) is 14.2. The molecule has 1 amide bonds. The van der Waals surface area contributed by atoms with Crippen molar-refractivity contribution in [1.82, 2.24) is 10.0 Å². The summed E-state index contributed by atoms with van der Waals surface area (Å²) in [4.78, 5) is 14.0. The van der Waals surface area contributed by atoms with Gasteiger partial charge in [0.1, 0.15) is 11.9 Å². The molecule has 2 aliphatic rings. The first-order valence-corrected chi connectivity index (χ1v) is 10.3. The van der Waals surface area contributed by atoms with Gasteiger partial charge in [-0.3, -0.25) is 4.90 Å². The Kier molecular flexibility index (Phi) is 5.44. The zero-order chi connectivity index (χ0) is 18.9. The highest BCUT2D eigenvalue weighted by molar-refractivity contribution is 7.89. The number of anilines is 1. The number of carbonyl (C=O) groups excluding carboxylic acids is 1. The Morgan fingerprint density at radius 2 is 2.27 bits per heavy atom. The molecule has 0 bridgehead atoms. The van der Waals surface area contributed by atoms with Crippen LogP contribution in [0.3, 0.4) is 0 Å². The average Bonchev–Trinajstić information content (AvgIpc) is 2.94. The maximum Gasteiger partial charge on any atom is 0.414 e. The van der Waals surface area contributed by atoms with Crippen LogP contribution < -0.4 is 14.9 Å². The molecule has 2 heterocycles. The molecule has 0 saturated carbocycles. The summed E-state index contributed by atoms with van der Waals surface area (Å²) in [7, 11) is -3.24. The van der Waals surface area contributed by atoms with Crippen molar-refractivity contribution < 1.29 is 22.3 Å². The number of halogens is 1. The number of ether oxygens (including phenoxy) is 1. The Hall–Kier alpha value is -1.78. The van der Waals surface area contributed by atoms with Gasteiger partial charge in [0.15, 0.2) is 0 Å². The molecule has 2 saturated heterocycles. The van der Waals surface area contributed by atoms with E-state index < -0.39 is 21.9 Å². The highest BCUT2D eigenvalue weighted by atomic mass is 32.2. The van der Waals surface area contributed by atoms with Gasteiger partial charge < -0.3 is 10.1 Å². The van der Waals surface area contributed by atoms with Crippen LogP contribution >= 0.6 is 12.2 Å². The summed E-state index contributed by atoms with van der Waals surface area (Å²) in [6, 6.07) is 4.55. The van der Waals surface area contributed by atoms with Crippen molar-refractivity contribution in [2.75, 3.05) is 30.3 Å². The number of hydrogen-bond donors (Lipinski definition) is 2. The van der Waals surface area contributed by atoms with Gasteiger partial charge in [0, 0.05) is 12.5 Å². The van der Waals surface area contributed by atoms with Crippen LogP contribution in [-0.2, 0) is 14.8 Å². The minimum Gasteiger partial charge on any atom is -0.442 e. The number of cyclic esters (lactones) is 1. The van der Waals surface area contributed by atoms with E-state index in [1.807, 2.05) is 0 Å². The van der Waals surface area contributed by atoms with E-state index in [1.165, 1.54) is 11.0 Å². The van der Waals surface area contributed by atoms with Crippen LogP contribution in [0.4, 0.5) is 14.9 Å². The van der Waals surface area contributed by atoms with Crippen molar-refractivity contribution >= 4 is 39.0 Å². The molecule has 0 spiro atoms. The molecule has 10 heteroatoms. The number of carbonyl (C=O) groups is 1. The first-order chi connectivity index (χ1) is 12.2. The van der Waals surface area contributed by atoms with Gasteiger partial charge in [-0.1, -0.05) is 18.3 Å². The third-order valence-electron chi connectivity index (χ3n) is 4.47. The van der Waals surface area contributed by atoms with Gasteiger partial charge in [-0.2, -0.15) is 0 Å². The lowest BCUT2D eigenvalue weighted by Crippen LogP contribution is -2.37. The summed E-state index contributed by atoms with van der Waals surface area (Å²) in [5, 5.41) is 2.95. The molecular formula is C16H20FN3O4S2. The number of rotatable bonds is 4. The van der Waals surface area contributed by atoms with Crippen molar-refractivity contribution in [3.05, 3.63) is 29.6 Å². The average molecular weight is 401 g/mol. The molecule has 0 aliphatic carbocycles. The van der Waals surface area contributed by atoms with Crippen molar-refractivity contribution in [3.63, 3.8) is 0 Å². The third-order valence-corrected chi connectivity index (χ3v) is 6.00. The molecule has 142 valence electrons. The Labute approximate surface area is 156 Å². The summed E-state index contributed by atoms with van der Waals surface area (Å²) in [6.45, 7) is 2.62. The van der Waals surface area contributed by atoms with Gasteiger partial charge >= 0.3 is 6.09 Å². The normalized spacial score (nSPS) is 25.0. The van der Waals surface area contributed by atoms with E-state index in [1.54, 1.807) is 19.1 Å². The van der Waals surface area contributed by atoms with E-state index in [0.717, 1.165) is 0 Å². The highest BCUT2D eigenvalue weighted by Crippen LogP contribution is 2.30. The van der Waals surface area contributed by atoms with E-state index in [-0.39, 0.29) is 24.3 Å². The largest absolute Gasteiger partial charge is 0.442 e. The molecule has 7 nitrogen and oxygen atoms in total. The first-order valence-electron chi connectivity index (χ1n) is 8.24. The molecule has 2 fully saturated rings. The lowest BCUT2D eigenvalue weighted by Gasteiger charge is -2.24. The second-order valence-corrected chi connectivity index (χ2v) is 8.95. The van der Waals surface area contributed by atoms with Gasteiger partial charge in [0.25, 0.3) is 0 Å². The van der Waals surface area contributed by atoms with Crippen molar-refractivity contribution in [3.8, 4) is 0 Å². The Balaban J connectivity index is 1.69. The molecular weight excluding hydrogens is 381 g/mol. The number of benzene rings is 1. The first kappa shape index (κ1) is 19.0. The molecule has 2 N–H and O–H groups in total. The molecule has 3 rings (SSSR count). The van der Waals surface area contributed by atoms with Gasteiger partial charge in [0.05, 0.1) is 29.5 Å². The van der Waals surface area contributed by atoms with Crippen LogP contribution in [0, 0.1) is 5.82 Å². The van der Waals surface area contributed by atoms with Crippen LogP contribution in [0.5, 0.6) is 0 Å². The van der Waals surface area contributed by atoms with E-state index in [9.17, 15) is 17.6 Å². The second kappa shape index (κ2) is 7.45. The number of hydrogen-bond acceptors (Lipinski definition) is 5. The van der Waals surface area contributed by atoms with Crippen molar-refractivity contribution in [1.29, 1.82) is 0 Å². The standard InChI is InChI=1S/C16H20FN3O4S2/c1-10(25)18-8-13-9-20(16(21)24-13)12-2-3-14(15(17)6-12)11-4-5-26(22,23)19-7-11/h2-3,6,11,13,19H,4-5,7-9H2,1H3,(H,18,25)/t11?,13-/m0/s1. The molecule has 1 aromatic carbocycles. The SMILES string of the molecule is CC(=S)NC[C@H]1CN(c2ccc(C3CCS(=O)(=O)NC3)c(F)c2)C(=O)O1. The summed E-state index contributed by atoms with van der Waals surface area (Å²) in [6.07, 6.45) is -0.533. The maximum atomic E-state index is 14.6. The molecule has 26 heavy (non-hydrogen) atoms. The molecule has 0 radical (unpaired) electrons. The van der Waals surface area contributed by atoms with Crippen LogP contribution in [0.2, 0.25) is 0 Å². The van der Waals surface area contributed by atoms with E-state index in [4.69, 9.17) is 17.0 Å². The van der Waals surface area contributed by atoms with E-state index in [2.05, 4.69) is 10.0 Å². The van der Waals surface area contributed by atoms with E-state index in [0.29, 0.717) is 35.7 Å². The predicted molar refractivity (Wildman–Crippen MR) is 99.4 cm³/mol. The Morgan fingerprint density at radius 1 is 1.50 bits per heavy atom. The minimum absolute atomic E-state index is 0.0225. The fraction of sp³-hybridized carbons (Fsp3) is 0.500. The number of sulfonamides is 1. The summed E-state index contributed by atoms with van der Waals surface area (Å²) in [5.74, 6) is -0.705. The van der Waals surface area contributed by atoms with Gasteiger partial charge in [-0.05, 0) is 31.0 Å². The molecule has 0 aromatic heterocycles. The Morgan fingerprint density at radius 3 is 2.88 bits per heavy atom. The lowest BCUT2D eigenvalue weighted by molar-refractivity contribution is 0.143. The van der Waals surface area contributed by atoms with Crippen LogP contribution in [-0.4, -0.2) is 51.0 Å². The van der Waals surface area contributed by atoms with Gasteiger partial charge in [0.2, 0.25) is 10.0 Å². The fourth-order valence-corrected chi connectivity index (χ4v) is 4.35. The number of nitrogens with one attached hydrogen (secondary N) is 2. The van der Waals surface area contributed by atoms with Crippen molar-refractivity contribution in [2.45, 2.75) is 25.4 Å². The minimum atomic E-state index is -3.24. The maximum absolute atomic E-state index is 14.6. The van der Waals surface area contributed by atoms with Gasteiger partial charge in [-0.15, -0.1) is 0 Å². The fourth-order valence-electron chi connectivity index (χ4n) is 3.08. The molecule has 1 unspecified atom stereocenters.